The second-order valence-electron chi connectivity index (χ2n) is 3.93. The monoisotopic (exact) mass is 266 g/mol. The lowest BCUT2D eigenvalue weighted by Crippen LogP contribution is -2.49. The van der Waals surface area contributed by atoms with Crippen LogP contribution in [0.15, 0.2) is 30.3 Å². The van der Waals surface area contributed by atoms with Crippen LogP contribution < -0.4 is 0 Å². The van der Waals surface area contributed by atoms with Crippen LogP contribution in [0.3, 0.4) is 0 Å². The highest BCUT2D eigenvalue weighted by Gasteiger charge is 2.22. The maximum absolute atomic E-state index is 12.1. The predicted molar refractivity (Wildman–Crippen MR) is 75.5 cm³/mol. The summed E-state index contributed by atoms with van der Waals surface area (Å²) >= 11 is 9.15. The van der Waals surface area contributed by atoms with Gasteiger partial charge >= 0.3 is 0 Å². The van der Waals surface area contributed by atoms with Crippen LogP contribution in [0.25, 0.3) is 0 Å². The molecule has 0 atom stereocenters. The first-order chi connectivity index (χ1) is 8.18. The molecular weight excluding hydrogens is 252 g/mol. The minimum Gasteiger partial charge on any atom is -0.354 e. The summed E-state index contributed by atoms with van der Waals surface area (Å²) < 4.78 is 0.608. The van der Waals surface area contributed by atoms with E-state index in [1.54, 1.807) is 0 Å². The number of nitrogens with zero attached hydrogens (tertiary/aromatic N) is 2. The van der Waals surface area contributed by atoms with Crippen molar-refractivity contribution in [1.82, 2.24) is 9.80 Å². The molecule has 1 aromatic rings. The number of rotatable bonds is 1. The number of benzene rings is 1. The standard InChI is InChI=1S/C12H14N2OS2/c15-11(10-4-2-1-3-5-10)13-6-8-14(9-7-13)12(16)17/h1-5H,6-9H2,(H,16,17). The molecule has 0 aliphatic carbocycles. The van der Waals surface area contributed by atoms with E-state index in [2.05, 4.69) is 12.6 Å². The highest BCUT2D eigenvalue weighted by Crippen LogP contribution is 2.09. The van der Waals surface area contributed by atoms with Gasteiger partial charge in [-0.25, -0.2) is 0 Å². The SMILES string of the molecule is O=C(c1ccccc1)N1CCN(C(=S)S)CC1. The van der Waals surface area contributed by atoms with E-state index in [1.165, 1.54) is 0 Å². The average molecular weight is 266 g/mol. The molecule has 3 nitrogen and oxygen atoms in total. The second-order valence-corrected chi connectivity index (χ2v) is 5.04. The summed E-state index contributed by atoms with van der Waals surface area (Å²) in [6.45, 7) is 2.94. The highest BCUT2D eigenvalue weighted by atomic mass is 32.1. The van der Waals surface area contributed by atoms with Crippen molar-refractivity contribution < 1.29 is 4.79 Å². The summed E-state index contributed by atoms with van der Waals surface area (Å²) in [5, 5.41) is 0. The minimum atomic E-state index is 0.0929. The van der Waals surface area contributed by atoms with Crippen molar-refractivity contribution in [3.63, 3.8) is 0 Å². The molecular formula is C12H14N2OS2. The van der Waals surface area contributed by atoms with E-state index in [-0.39, 0.29) is 5.91 Å². The Kier molecular flexibility index (Phi) is 4.02. The van der Waals surface area contributed by atoms with Crippen molar-refractivity contribution in [2.75, 3.05) is 26.2 Å². The van der Waals surface area contributed by atoms with E-state index < -0.39 is 0 Å². The molecule has 17 heavy (non-hydrogen) atoms. The first-order valence-electron chi connectivity index (χ1n) is 5.50. The third-order valence-corrected chi connectivity index (χ3v) is 3.40. The van der Waals surface area contributed by atoms with Gasteiger partial charge in [0.15, 0.2) is 0 Å². The van der Waals surface area contributed by atoms with Gasteiger partial charge in [-0.2, -0.15) is 0 Å². The van der Waals surface area contributed by atoms with Crippen molar-refractivity contribution in [3.8, 4) is 0 Å². The van der Waals surface area contributed by atoms with Gasteiger partial charge in [-0.1, -0.05) is 30.4 Å². The molecule has 1 heterocycles. The molecule has 1 fully saturated rings. The number of carbonyl (C=O) groups is 1. The van der Waals surface area contributed by atoms with Crippen molar-refractivity contribution >= 4 is 35.1 Å². The quantitative estimate of drug-likeness (QED) is 0.618. The fourth-order valence-corrected chi connectivity index (χ4v) is 2.25. The smallest absolute Gasteiger partial charge is 0.253 e. The van der Waals surface area contributed by atoms with Crippen LogP contribution in [0.1, 0.15) is 10.4 Å². The topological polar surface area (TPSA) is 23.6 Å². The van der Waals surface area contributed by atoms with Gasteiger partial charge in [0, 0.05) is 31.7 Å². The van der Waals surface area contributed by atoms with Gasteiger partial charge < -0.3 is 9.80 Å². The third kappa shape index (κ3) is 2.98. The zero-order valence-electron chi connectivity index (χ0n) is 9.37. The van der Waals surface area contributed by atoms with E-state index in [0.29, 0.717) is 17.4 Å². The zero-order valence-corrected chi connectivity index (χ0v) is 11.1. The Labute approximate surface area is 112 Å². The molecule has 90 valence electrons. The summed E-state index contributed by atoms with van der Waals surface area (Å²) in [5.41, 5.74) is 0.745. The van der Waals surface area contributed by atoms with Crippen LogP contribution in [0.5, 0.6) is 0 Å². The summed E-state index contributed by atoms with van der Waals surface area (Å²) in [6, 6.07) is 9.36. The Hall–Kier alpha value is -1.07. The van der Waals surface area contributed by atoms with Gasteiger partial charge in [-0.15, -0.1) is 12.6 Å². The number of thiocarbonyl (C=S) groups is 1. The molecule has 1 aliphatic heterocycles. The molecule has 2 rings (SSSR count). The van der Waals surface area contributed by atoms with Gasteiger partial charge in [0.1, 0.15) is 4.32 Å². The lowest BCUT2D eigenvalue weighted by atomic mass is 10.2. The molecule has 0 aromatic heterocycles. The summed E-state index contributed by atoms with van der Waals surface area (Å²) in [5.74, 6) is 0.0929. The van der Waals surface area contributed by atoms with Gasteiger partial charge in [0.2, 0.25) is 0 Å². The lowest BCUT2D eigenvalue weighted by Gasteiger charge is -2.35. The van der Waals surface area contributed by atoms with Crippen LogP contribution in [-0.2, 0) is 0 Å². The van der Waals surface area contributed by atoms with Crippen LogP contribution in [-0.4, -0.2) is 46.2 Å². The summed E-state index contributed by atoms with van der Waals surface area (Å²) in [7, 11) is 0. The van der Waals surface area contributed by atoms with E-state index in [9.17, 15) is 4.79 Å². The number of hydrogen-bond donors (Lipinski definition) is 1. The number of hydrogen-bond acceptors (Lipinski definition) is 2. The van der Waals surface area contributed by atoms with Crippen LogP contribution >= 0.6 is 24.8 Å². The number of carbonyl (C=O) groups excluding carboxylic acids is 1. The van der Waals surface area contributed by atoms with E-state index in [0.717, 1.165) is 18.7 Å². The van der Waals surface area contributed by atoms with Crippen molar-refractivity contribution in [2.24, 2.45) is 0 Å². The number of thiol groups is 1. The Morgan fingerprint density at radius 3 is 2.12 bits per heavy atom. The molecule has 1 aliphatic rings. The second kappa shape index (κ2) is 5.51. The first-order valence-corrected chi connectivity index (χ1v) is 6.36. The minimum absolute atomic E-state index is 0.0929. The maximum Gasteiger partial charge on any atom is 0.253 e. The predicted octanol–water partition coefficient (Wildman–Crippen LogP) is 1.66. The van der Waals surface area contributed by atoms with E-state index in [1.807, 2.05) is 40.1 Å². The molecule has 0 saturated carbocycles. The third-order valence-electron chi connectivity index (χ3n) is 2.86. The zero-order chi connectivity index (χ0) is 12.3. The van der Waals surface area contributed by atoms with Crippen molar-refractivity contribution in [1.29, 1.82) is 0 Å². The molecule has 0 unspecified atom stereocenters. The Balaban J connectivity index is 1.98. The Morgan fingerprint density at radius 1 is 1.06 bits per heavy atom. The van der Waals surface area contributed by atoms with Gasteiger partial charge in [-0.3, -0.25) is 4.79 Å². The lowest BCUT2D eigenvalue weighted by molar-refractivity contribution is 0.0695. The Bertz CT molecular complexity index is 414. The largest absolute Gasteiger partial charge is 0.354 e. The molecule has 0 N–H and O–H groups in total. The molecule has 0 radical (unpaired) electrons. The first kappa shape index (κ1) is 12.4. The van der Waals surface area contributed by atoms with Crippen LogP contribution in [0.2, 0.25) is 0 Å². The summed E-state index contributed by atoms with van der Waals surface area (Å²) in [4.78, 5) is 16.0. The molecule has 1 saturated heterocycles. The van der Waals surface area contributed by atoms with Crippen LogP contribution in [0, 0.1) is 0 Å². The molecule has 0 spiro atoms. The highest BCUT2D eigenvalue weighted by molar-refractivity contribution is 8.10. The molecule has 1 amide bonds. The fraction of sp³-hybridized carbons (Fsp3) is 0.333. The van der Waals surface area contributed by atoms with Gasteiger partial charge in [0.05, 0.1) is 0 Å². The Morgan fingerprint density at radius 2 is 1.59 bits per heavy atom. The summed E-state index contributed by atoms with van der Waals surface area (Å²) in [6.07, 6.45) is 0. The molecule has 0 bridgehead atoms. The average Bonchev–Trinajstić information content (AvgIpc) is 2.39. The molecule has 5 heteroatoms. The van der Waals surface area contributed by atoms with Gasteiger partial charge in [-0.05, 0) is 12.1 Å². The van der Waals surface area contributed by atoms with Crippen molar-refractivity contribution in [3.05, 3.63) is 35.9 Å². The van der Waals surface area contributed by atoms with E-state index in [4.69, 9.17) is 12.2 Å². The normalized spacial score (nSPS) is 15.8. The number of amides is 1. The van der Waals surface area contributed by atoms with E-state index >= 15 is 0 Å². The van der Waals surface area contributed by atoms with Gasteiger partial charge in [0.25, 0.3) is 5.91 Å². The van der Waals surface area contributed by atoms with Crippen LogP contribution in [0.4, 0.5) is 0 Å². The fourth-order valence-electron chi connectivity index (χ4n) is 1.86. The number of piperazine rings is 1. The van der Waals surface area contributed by atoms with Crippen molar-refractivity contribution in [2.45, 2.75) is 0 Å². The maximum atomic E-state index is 12.1. The molecule has 1 aromatic carbocycles.